The number of para-hydroxylation sites is 1. The molecule has 1 aliphatic rings. The maximum Gasteiger partial charge on any atom is 0.274 e. The molecule has 0 spiro atoms. The van der Waals surface area contributed by atoms with Crippen LogP contribution in [0.15, 0.2) is 24.3 Å². The van der Waals surface area contributed by atoms with Gasteiger partial charge in [0.2, 0.25) is 0 Å². The van der Waals surface area contributed by atoms with Gasteiger partial charge in [0.05, 0.1) is 4.92 Å². The summed E-state index contributed by atoms with van der Waals surface area (Å²) in [7, 11) is 0. The van der Waals surface area contributed by atoms with Crippen LogP contribution in [0.1, 0.15) is 57.6 Å². The Morgan fingerprint density at radius 1 is 1.30 bits per heavy atom. The van der Waals surface area contributed by atoms with Crippen molar-refractivity contribution in [2.24, 2.45) is 5.41 Å². The first-order chi connectivity index (χ1) is 9.52. The van der Waals surface area contributed by atoms with Gasteiger partial charge < -0.3 is 5.32 Å². The van der Waals surface area contributed by atoms with E-state index < -0.39 is 0 Å². The number of nitro benzene ring substituents is 1. The van der Waals surface area contributed by atoms with Crippen molar-refractivity contribution in [3.8, 4) is 0 Å². The van der Waals surface area contributed by atoms with Crippen LogP contribution >= 0.6 is 0 Å². The van der Waals surface area contributed by atoms with E-state index in [1.165, 1.54) is 32.1 Å². The molecule has 1 saturated carbocycles. The molecule has 1 aromatic rings. The summed E-state index contributed by atoms with van der Waals surface area (Å²) in [5.41, 5.74) is 1.33. The molecule has 0 bridgehead atoms. The molecule has 0 saturated heterocycles. The van der Waals surface area contributed by atoms with Gasteiger partial charge in [0, 0.05) is 24.2 Å². The van der Waals surface area contributed by atoms with Crippen molar-refractivity contribution in [2.45, 2.75) is 52.0 Å². The number of nitrogens with one attached hydrogen (secondary N) is 1. The van der Waals surface area contributed by atoms with Gasteiger partial charge in [0.1, 0.15) is 0 Å². The average Bonchev–Trinajstić information content (AvgIpc) is 2.45. The minimum Gasteiger partial charge on any atom is -0.309 e. The highest BCUT2D eigenvalue weighted by molar-refractivity contribution is 5.41. The highest BCUT2D eigenvalue weighted by Gasteiger charge is 2.27. The van der Waals surface area contributed by atoms with Gasteiger partial charge in [-0.1, -0.05) is 44.4 Å². The molecule has 1 aliphatic carbocycles. The van der Waals surface area contributed by atoms with Crippen LogP contribution in [0.3, 0.4) is 0 Å². The maximum absolute atomic E-state index is 11.1. The predicted molar refractivity (Wildman–Crippen MR) is 80.7 cm³/mol. The Bertz CT molecular complexity index is 467. The second-order valence-corrected chi connectivity index (χ2v) is 6.29. The minimum atomic E-state index is -0.296. The van der Waals surface area contributed by atoms with E-state index in [0.29, 0.717) is 5.41 Å². The SMILES string of the molecule is CC(NCC1(C)CCCCC1)c1ccccc1[N+](=O)[O-]. The summed E-state index contributed by atoms with van der Waals surface area (Å²) in [6, 6.07) is 7.02. The van der Waals surface area contributed by atoms with Crippen molar-refractivity contribution in [1.29, 1.82) is 0 Å². The molecular weight excluding hydrogens is 252 g/mol. The quantitative estimate of drug-likeness (QED) is 0.647. The number of hydrogen-bond donors (Lipinski definition) is 1. The molecule has 4 heteroatoms. The first kappa shape index (κ1) is 15.0. The smallest absolute Gasteiger partial charge is 0.274 e. The van der Waals surface area contributed by atoms with Crippen LogP contribution in [0.25, 0.3) is 0 Å². The fourth-order valence-electron chi connectivity index (χ4n) is 3.11. The van der Waals surface area contributed by atoms with Crippen LogP contribution in [0.5, 0.6) is 0 Å². The third-order valence-corrected chi connectivity index (χ3v) is 4.50. The molecule has 1 atom stereocenters. The van der Waals surface area contributed by atoms with Gasteiger partial charge >= 0.3 is 0 Å². The van der Waals surface area contributed by atoms with E-state index in [1.54, 1.807) is 12.1 Å². The fourth-order valence-corrected chi connectivity index (χ4v) is 3.11. The van der Waals surface area contributed by atoms with Crippen LogP contribution in [-0.4, -0.2) is 11.5 Å². The highest BCUT2D eigenvalue weighted by atomic mass is 16.6. The summed E-state index contributed by atoms with van der Waals surface area (Å²) in [5.74, 6) is 0. The van der Waals surface area contributed by atoms with Gasteiger partial charge in [-0.2, -0.15) is 0 Å². The van der Waals surface area contributed by atoms with E-state index in [4.69, 9.17) is 0 Å². The molecule has 1 aromatic carbocycles. The lowest BCUT2D eigenvalue weighted by Gasteiger charge is -2.34. The van der Waals surface area contributed by atoms with Gasteiger partial charge in [0.25, 0.3) is 5.69 Å². The van der Waals surface area contributed by atoms with E-state index in [2.05, 4.69) is 12.2 Å². The number of rotatable bonds is 5. The largest absolute Gasteiger partial charge is 0.309 e. The normalized spacial score (nSPS) is 19.5. The summed E-state index contributed by atoms with van der Waals surface area (Å²) < 4.78 is 0. The lowest BCUT2D eigenvalue weighted by molar-refractivity contribution is -0.385. The Kier molecular flexibility index (Phi) is 4.76. The first-order valence-electron chi connectivity index (χ1n) is 7.49. The topological polar surface area (TPSA) is 55.2 Å². The van der Waals surface area contributed by atoms with E-state index >= 15 is 0 Å². The van der Waals surface area contributed by atoms with Crippen LogP contribution < -0.4 is 5.32 Å². The lowest BCUT2D eigenvalue weighted by atomic mass is 9.75. The first-order valence-corrected chi connectivity index (χ1v) is 7.49. The number of hydrogen-bond acceptors (Lipinski definition) is 3. The standard InChI is InChI=1S/C16H24N2O2/c1-13(14-8-4-5-9-15(14)18(19)20)17-12-16(2)10-6-3-7-11-16/h4-5,8-9,13,17H,3,6-7,10-12H2,1-2H3. The number of nitro groups is 1. The Hall–Kier alpha value is -1.42. The molecule has 0 radical (unpaired) electrons. The lowest BCUT2D eigenvalue weighted by Crippen LogP contribution is -2.35. The van der Waals surface area contributed by atoms with Crippen LogP contribution in [0.4, 0.5) is 5.69 Å². The molecule has 4 nitrogen and oxygen atoms in total. The molecule has 20 heavy (non-hydrogen) atoms. The van der Waals surface area contributed by atoms with Gasteiger partial charge in [-0.25, -0.2) is 0 Å². The van der Waals surface area contributed by atoms with Crippen molar-refractivity contribution in [3.63, 3.8) is 0 Å². The number of nitrogens with zero attached hydrogens (tertiary/aromatic N) is 1. The summed E-state index contributed by atoms with van der Waals surface area (Å²) in [6.07, 6.45) is 6.46. The van der Waals surface area contributed by atoms with Crippen molar-refractivity contribution in [2.75, 3.05) is 6.54 Å². The van der Waals surface area contributed by atoms with E-state index in [-0.39, 0.29) is 16.7 Å². The van der Waals surface area contributed by atoms with Crippen LogP contribution in [0.2, 0.25) is 0 Å². The molecular formula is C16H24N2O2. The zero-order chi connectivity index (χ0) is 14.6. The Labute approximate surface area is 120 Å². The predicted octanol–water partition coefficient (Wildman–Crippen LogP) is 4.22. The van der Waals surface area contributed by atoms with Gasteiger partial charge in [-0.05, 0) is 25.2 Å². The third-order valence-electron chi connectivity index (χ3n) is 4.50. The highest BCUT2D eigenvalue weighted by Crippen LogP contribution is 2.35. The monoisotopic (exact) mass is 276 g/mol. The molecule has 110 valence electrons. The molecule has 2 rings (SSSR count). The van der Waals surface area contributed by atoms with E-state index in [0.717, 1.165) is 12.1 Å². The summed E-state index contributed by atoms with van der Waals surface area (Å²) in [4.78, 5) is 10.8. The maximum atomic E-state index is 11.1. The van der Waals surface area contributed by atoms with Gasteiger partial charge in [0.15, 0.2) is 0 Å². The van der Waals surface area contributed by atoms with E-state index in [1.807, 2.05) is 19.1 Å². The van der Waals surface area contributed by atoms with Crippen molar-refractivity contribution < 1.29 is 4.92 Å². The Morgan fingerprint density at radius 2 is 1.95 bits per heavy atom. The second kappa shape index (κ2) is 6.35. The van der Waals surface area contributed by atoms with Gasteiger partial charge in [-0.3, -0.25) is 10.1 Å². The molecule has 1 unspecified atom stereocenters. The second-order valence-electron chi connectivity index (χ2n) is 6.29. The fraction of sp³-hybridized carbons (Fsp3) is 0.625. The third kappa shape index (κ3) is 3.57. The van der Waals surface area contributed by atoms with Crippen LogP contribution in [-0.2, 0) is 0 Å². The molecule has 0 aromatic heterocycles. The Balaban J connectivity index is 2.01. The summed E-state index contributed by atoms with van der Waals surface area (Å²) in [6.45, 7) is 5.26. The van der Waals surface area contributed by atoms with Crippen molar-refractivity contribution in [3.05, 3.63) is 39.9 Å². The van der Waals surface area contributed by atoms with Crippen LogP contribution in [0, 0.1) is 15.5 Å². The van der Waals surface area contributed by atoms with Gasteiger partial charge in [-0.15, -0.1) is 0 Å². The summed E-state index contributed by atoms with van der Waals surface area (Å²) >= 11 is 0. The molecule has 0 heterocycles. The molecule has 0 amide bonds. The van der Waals surface area contributed by atoms with Crippen molar-refractivity contribution in [1.82, 2.24) is 5.32 Å². The summed E-state index contributed by atoms with van der Waals surface area (Å²) in [5, 5.41) is 14.6. The van der Waals surface area contributed by atoms with E-state index in [9.17, 15) is 10.1 Å². The molecule has 0 aliphatic heterocycles. The number of benzene rings is 1. The molecule has 1 fully saturated rings. The zero-order valence-electron chi connectivity index (χ0n) is 12.4. The average molecular weight is 276 g/mol. The Morgan fingerprint density at radius 3 is 2.60 bits per heavy atom. The van der Waals surface area contributed by atoms with Crippen molar-refractivity contribution >= 4 is 5.69 Å². The zero-order valence-corrected chi connectivity index (χ0v) is 12.4. The minimum absolute atomic E-state index is 0.00958. The molecule has 1 N–H and O–H groups in total.